The van der Waals surface area contributed by atoms with Crippen LogP contribution in [-0.2, 0) is 40.0 Å². The summed E-state index contributed by atoms with van der Waals surface area (Å²) in [6.45, 7) is 3.52. The first-order chi connectivity index (χ1) is 17.4. The number of hydroxylamine groups is 2. The average Bonchev–Trinajstić information content (AvgIpc) is 2.89. The highest BCUT2D eigenvalue weighted by Crippen LogP contribution is 2.28. The van der Waals surface area contributed by atoms with Crippen LogP contribution in [0.2, 0.25) is 0 Å². The molecule has 1 amide bonds. The fourth-order valence-electron chi connectivity index (χ4n) is 3.37. The summed E-state index contributed by atoms with van der Waals surface area (Å²) < 4.78 is 21.0. The number of amidine groups is 1. The quantitative estimate of drug-likeness (QED) is 0.0723. The lowest BCUT2D eigenvalue weighted by Gasteiger charge is -2.40. The van der Waals surface area contributed by atoms with Gasteiger partial charge in [0.25, 0.3) is 0 Å². The minimum atomic E-state index is -1.33. The van der Waals surface area contributed by atoms with Gasteiger partial charge in [-0.1, -0.05) is 35.4 Å². The Kier molecular flexibility index (Phi) is 11.8. The van der Waals surface area contributed by atoms with Crippen LogP contribution in [0, 0.1) is 5.41 Å². The maximum absolute atomic E-state index is 13.2. The third kappa shape index (κ3) is 8.33. The highest BCUT2D eigenvalue weighted by Gasteiger charge is 2.45. The molecule has 1 aliphatic heterocycles. The SMILES string of the molecule is CCOC(=O)C=C(ON(C(=N)C1(OCCO)CCNCC1)C(=O)OCc1ccccc1)C(=O)OCC. The van der Waals surface area contributed by atoms with Crippen molar-refractivity contribution in [3.05, 3.63) is 47.7 Å². The van der Waals surface area contributed by atoms with E-state index in [0.717, 1.165) is 6.08 Å². The Labute approximate surface area is 209 Å². The molecular formula is C24H33N3O9. The maximum atomic E-state index is 13.2. The van der Waals surface area contributed by atoms with E-state index in [0.29, 0.717) is 23.7 Å². The Morgan fingerprint density at radius 2 is 1.75 bits per heavy atom. The van der Waals surface area contributed by atoms with Crippen LogP contribution in [0.25, 0.3) is 0 Å². The van der Waals surface area contributed by atoms with Crippen molar-refractivity contribution in [3.8, 4) is 0 Å². The first kappa shape index (κ1) is 28.8. The average molecular weight is 508 g/mol. The van der Waals surface area contributed by atoms with Crippen LogP contribution >= 0.6 is 0 Å². The number of aliphatic hydroxyl groups excluding tert-OH is 1. The number of aliphatic hydroxyl groups is 1. The Balaban J connectivity index is 2.40. The molecule has 3 N–H and O–H groups in total. The van der Waals surface area contributed by atoms with Gasteiger partial charge < -0.3 is 34.2 Å². The highest BCUT2D eigenvalue weighted by atomic mass is 16.7. The highest BCUT2D eigenvalue weighted by molar-refractivity contribution is 5.99. The van der Waals surface area contributed by atoms with Crippen LogP contribution in [0.3, 0.4) is 0 Å². The molecule has 12 heteroatoms. The van der Waals surface area contributed by atoms with Gasteiger partial charge in [0.1, 0.15) is 12.2 Å². The molecule has 1 aromatic carbocycles. The van der Waals surface area contributed by atoms with E-state index in [4.69, 9.17) is 29.2 Å². The van der Waals surface area contributed by atoms with Gasteiger partial charge in [-0.15, -0.1) is 0 Å². The van der Waals surface area contributed by atoms with E-state index in [-0.39, 0.29) is 45.9 Å². The minimum Gasteiger partial charge on any atom is -0.463 e. The van der Waals surface area contributed by atoms with E-state index in [9.17, 15) is 19.5 Å². The number of piperidine rings is 1. The molecule has 198 valence electrons. The molecule has 0 aromatic heterocycles. The van der Waals surface area contributed by atoms with Gasteiger partial charge in [-0.2, -0.15) is 0 Å². The molecule has 1 heterocycles. The van der Waals surface area contributed by atoms with Crippen LogP contribution in [0.15, 0.2) is 42.2 Å². The molecule has 36 heavy (non-hydrogen) atoms. The zero-order chi connectivity index (χ0) is 26.4. The second kappa shape index (κ2) is 14.8. The summed E-state index contributed by atoms with van der Waals surface area (Å²) in [7, 11) is 0. The lowest BCUT2D eigenvalue weighted by Crippen LogP contribution is -2.57. The Bertz CT molecular complexity index is 915. The lowest BCUT2D eigenvalue weighted by molar-refractivity contribution is -0.152. The van der Waals surface area contributed by atoms with E-state index < -0.39 is 35.2 Å². The van der Waals surface area contributed by atoms with Crippen LogP contribution in [0.1, 0.15) is 32.3 Å². The van der Waals surface area contributed by atoms with Crippen molar-refractivity contribution in [1.82, 2.24) is 10.4 Å². The molecule has 0 saturated carbocycles. The van der Waals surface area contributed by atoms with E-state index >= 15 is 0 Å². The number of rotatable bonds is 12. The van der Waals surface area contributed by atoms with Crippen LogP contribution in [-0.4, -0.2) is 79.2 Å². The van der Waals surface area contributed by atoms with Crippen molar-refractivity contribution in [2.24, 2.45) is 0 Å². The summed E-state index contributed by atoms with van der Waals surface area (Å²) in [5.74, 6) is -3.09. The second-order valence-electron chi connectivity index (χ2n) is 7.57. The van der Waals surface area contributed by atoms with Gasteiger partial charge >= 0.3 is 18.0 Å². The van der Waals surface area contributed by atoms with Crippen LogP contribution < -0.4 is 5.32 Å². The molecule has 0 atom stereocenters. The van der Waals surface area contributed by atoms with Crippen LogP contribution in [0.5, 0.6) is 0 Å². The molecule has 0 bridgehead atoms. The first-order valence-corrected chi connectivity index (χ1v) is 11.7. The van der Waals surface area contributed by atoms with Gasteiger partial charge in [0.2, 0.25) is 5.76 Å². The number of amides is 1. The largest absolute Gasteiger partial charge is 0.463 e. The summed E-state index contributed by atoms with van der Waals surface area (Å²) >= 11 is 0. The van der Waals surface area contributed by atoms with Crippen molar-refractivity contribution >= 4 is 23.9 Å². The molecule has 1 aromatic rings. The van der Waals surface area contributed by atoms with Crippen molar-refractivity contribution in [1.29, 1.82) is 5.41 Å². The van der Waals surface area contributed by atoms with Crippen molar-refractivity contribution in [2.75, 3.05) is 39.5 Å². The molecule has 0 unspecified atom stereocenters. The van der Waals surface area contributed by atoms with Crippen molar-refractivity contribution < 1.29 is 43.3 Å². The normalized spacial score (nSPS) is 14.9. The molecule has 0 spiro atoms. The summed E-state index contributed by atoms with van der Waals surface area (Å²) in [5.41, 5.74) is -0.651. The molecule has 12 nitrogen and oxygen atoms in total. The predicted molar refractivity (Wildman–Crippen MR) is 126 cm³/mol. The van der Waals surface area contributed by atoms with Gasteiger partial charge in [0.05, 0.1) is 32.5 Å². The number of hydrogen-bond acceptors (Lipinski definition) is 11. The van der Waals surface area contributed by atoms with E-state index in [1.807, 2.05) is 6.07 Å². The zero-order valence-electron chi connectivity index (χ0n) is 20.5. The molecular weight excluding hydrogens is 474 g/mol. The van der Waals surface area contributed by atoms with Crippen molar-refractivity contribution in [2.45, 2.75) is 38.9 Å². The fraction of sp³-hybridized carbons (Fsp3) is 0.500. The smallest absolute Gasteiger partial charge is 0.449 e. The van der Waals surface area contributed by atoms with E-state index in [1.54, 1.807) is 38.1 Å². The molecule has 1 aliphatic rings. The summed E-state index contributed by atoms with van der Waals surface area (Å²) in [5, 5.41) is 21.8. The van der Waals surface area contributed by atoms with Crippen molar-refractivity contribution in [3.63, 3.8) is 0 Å². The first-order valence-electron chi connectivity index (χ1n) is 11.7. The third-order valence-corrected chi connectivity index (χ3v) is 5.09. The Morgan fingerprint density at radius 1 is 1.08 bits per heavy atom. The van der Waals surface area contributed by atoms with Gasteiger partial charge in [-0.25, -0.2) is 14.4 Å². The summed E-state index contributed by atoms with van der Waals surface area (Å²) in [4.78, 5) is 43.3. The minimum absolute atomic E-state index is 0.0342. The summed E-state index contributed by atoms with van der Waals surface area (Å²) in [6, 6.07) is 8.84. The number of nitrogens with one attached hydrogen (secondary N) is 2. The topological polar surface area (TPSA) is 157 Å². The fourth-order valence-corrected chi connectivity index (χ4v) is 3.37. The lowest BCUT2D eigenvalue weighted by atomic mass is 9.90. The monoisotopic (exact) mass is 507 g/mol. The molecule has 2 rings (SSSR count). The number of carbonyl (C=O) groups excluding carboxylic acids is 3. The number of esters is 2. The second-order valence-corrected chi connectivity index (χ2v) is 7.57. The van der Waals surface area contributed by atoms with E-state index in [2.05, 4.69) is 5.32 Å². The number of carbonyl (C=O) groups is 3. The predicted octanol–water partition coefficient (Wildman–Crippen LogP) is 1.68. The maximum Gasteiger partial charge on any atom is 0.449 e. The number of ether oxygens (including phenoxy) is 4. The van der Waals surface area contributed by atoms with Crippen LogP contribution in [0.4, 0.5) is 4.79 Å². The number of benzene rings is 1. The van der Waals surface area contributed by atoms with Gasteiger partial charge in [-0.05, 0) is 45.3 Å². The molecule has 0 radical (unpaired) electrons. The number of hydrogen-bond donors (Lipinski definition) is 3. The number of nitrogens with zero attached hydrogens (tertiary/aromatic N) is 1. The Hall–Kier alpha value is -3.48. The van der Waals surface area contributed by atoms with Gasteiger partial charge in [0.15, 0.2) is 5.84 Å². The molecule has 1 saturated heterocycles. The summed E-state index contributed by atoms with van der Waals surface area (Å²) in [6.07, 6.45) is 0.158. The van der Waals surface area contributed by atoms with Gasteiger partial charge in [-0.3, -0.25) is 5.41 Å². The Morgan fingerprint density at radius 3 is 2.36 bits per heavy atom. The third-order valence-electron chi connectivity index (χ3n) is 5.09. The zero-order valence-corrected chi connectivity index (χ0v) is 20.5. The standard InChI is InChI=1S/C24H33N3O9/c1-3-32-20(29)16-19(21(30)33-4-2)36-27(23(31)34-17-18-8-6-5-7-9-18)22(25)24(35-15-14-28)10-12-26-13-11-24/h5-9,16,25-26,28H,3-4,10-15,17H2,1-2H3. The van der Waals surface area contributed by atoms with Gasteiger partial charge in [0, 0.05) is 0 Å². The molecule has 1 fully saturated rings. The van der Waals surface area contributed by atoms with E-state index in [1.165, 1.54) is 0 Å². The molecule has 0 aliphatic carbocycles.